The van der Waals surface area contributed by atoms with Crippen molar-refractivity contribution in [1.82, 2.24) is 0 Å². The quantitative estimate of drug-likeness (QED) is 0.684. The van der Waals surface area contributed by atoms with Gasteiger partial charge in [-0.25, -0.2) is 9.18 Å². The standard InChI is InChI=1S/C15H13ClFNO3/c1-2-20-15(19)11-7-9(18)3-6-14(11)21-10-4-5-12(16)13(17)8-10/h3-8H,2,18H2,1H3. The molecule has 110 valence electrons. The SMILES string of the molecule is CCOC(=O)c1cc(N)ccc1Oc1ccc(Cl)c(F)c1. The molecule has 0 saturated carbocycles. The van der Waals surface area contributed by atoms with Gasteiger partial charge >= 0.3 is 5.97 Å². The average molecular weight is 310 g/mol. The topological polar surface area (TPSA) is 61.5 Å². The average Bonchev–Trinajstić information content (AvgIpc) is 2.45. The van der Waals surface area contributed by atoms with Gasteiger partial charge in [0.15, 0.2) is 0 Å². The van der Waals surface area contributed by atoms with Crippen LogP contribution in [0.15, 0.2) is 36.4 Å². The molecule has 2 aromatic carbocycles. The smallest absolute Gasteiger partial charge is 0.342 e. The molecule has 0 saturated heterocycles. The molecule has 2 rings (SSSR count). The van der Waals surface area contributed by atoms with E-state index in [1.807, 2.05) is 0 Å². The van der Waals surface area contributed by atoms with E-state index in [1.54, 1.807) is 13.0 Å². The van der Waals surface area contributed by atoms with Crippen molar-refractivity contribution < 1.29 is 18.7 Å². The Morgan fingerprint density at radius 3 is 2.71 bits per heavy atom. The summed E-state index contributed by atoms with van der Waals surface area (Å²) in [6, 6.07) is 8.54. The molecular weight excluding hydrogens is 297 g/mol. The molecule has 0 unspecified atom stereocenters. The van der Waals surface area contributed by atoms with Crippen molar-refractivity contribution in [3.05, 3.63) is 52.8 Å². The third-order valence-corrected chi connectivity index (χ3v) is 2.92. The van der Waals surface area contributed by atoms with Crippen LogP contribution in [-0.4, -0.2) is 12.6 Å². The number of rotatable bonds is 4. The number of benzene rings is 2. The second-order valence-corrected chi connectivity index (χ2v) is 4.56. The highest BCUT2D eigenvalue weighted by Gasteiger charge is 2.15. The summed E-state index contributed by atoms with van der Waals surface area (Å²) in [4.78, 5) is 11.9. The Balaban J connectivity index is 2.34. The number of anilines is 1. The number of carbonyl (C=O) groups is 1. The number of carbonyl (C=O) groups excluding carboxylic acids is 1. The molecule has 2 aromatic rings. The molecule has 4 nitrogen and oxygen atoms in total. The number of hydrogen-bond acceptors (Lipinski definition) is 4. The number of hydrogen-bond donors (Lipinski definition) is 1. The molecule has 0 spiro atoms. The second-order valence-electron chi connectivity index (χ2n) is 4.15. The summed E-state index contributed by atoms with van der Waals surface area (Å²) in [5, 5.41) is -0.00901. The van der Waals surface area contributed by atoms with Gasteiger partial charge in [0.25, 0.3) is 0 Å². The van der Waals surface area contributed by atoms with Crippen LogP contribution in [0, 0.1) is 5.82 Å². The molecule has 2 N–H and O–H groups in total. The van der Waals surface area contributed by atoms with Gasteiger partial charge in [0.05, 0.1) is 11.6 Å². The Labute approximate surface area is 126 Å². The molecule has 0 amide bonds. The molecular formula is C15H13ClFNO3. The molecule has 0 atom stereocenters. The van der Waals surface area contributed by atoms with Crippen molar-refractivity contribution in [2.75, 3.05) is 12.3 Å². The van der Waals surface area contributed by atoms with Crippen LogP contribution in [0.1, 0.15) is 17.3 Å². The van der Waals surface area contributed by atoms with Crippen molar-refractivity contribution in [3.8, 4) is 11.5 Å². The van der Waals surface area contributed by atoms with Gasteiger partial charge in [-0.3, -0.25) is 0 Å². The molecule has 0 aromatic heterocycles. The van der Waals surface area contributed by atoms with Crippen molar-refractivity contribution >= 4 is 23.3 Å². The van der Waals surface area contributed by atoms with Gasteiger partial charge in [0.1, 0.15) is 22.9 Å². The first-order chi connectivity index (χ1) is 10.0. The first-order valence-electron chi connectivity index (χ1n) is 6.20. The van der Waals surface area contributed by atoms with Crippen LogP contribution in [0.3, 0.4) is 0 Å². The maximum absolute atomic E-state index is 13.4. The fourth-order valence-electron chi connectivity index (χ4n) is 1.67. The van der Waals surface area contributed by atoms with Crippen LogP contribution in [0.25, 0.3) is 0 Å². The van der Waals surface area contributed by atoms with Gasteiger partial charge in [0.2, 0.25) is 0 Å². The van der Waals surface area contributed by atoms with Crippen LogP contribution in [-0.2, 0) is 4.74 Å². The lowest BCUT2D eigenvalue weighted by Gasteiger charge is -2.11. The maximum atomic E-state index is 13.4. The highest BCUT2D eigenvalue weighted by molar-refractivity contribution is 6.30. The van der Waals surface area contributed by atoms with E-state index in [0.717, 1.165) is 6.07 Å². The minimum atomic E-state index is -0.609. The molecule has 21 heavy (non-hydrogen) atoms. The summed E-state index contributed by atoms with van der Waals surface area (Å²) in [6.45, 7) is 1.92. The monoisotopic (exact) mass is 309 g/mol. The van der Waals surface area contributed by atoms with E-state index in [4.69, 9.17) is 26.8 Å². The van der Waals surface area contributed by atoms with E-state index < -0.39 is 11.8 Å². The van der Waals surface area contributed by atoms with Crippen molar-refractivity contribution in [2.45, 2.75) is 6.92 Å². The molecule has 0 aliphatic heterocycles. The van der Waals surface area contributed by atoms with Gasteiger partial charge in [-0.15, -0.1) is 0 Å². The normalized spacial score (nSPS) is 10.2. The third-order valence-electron chi connectivity index (χ3n) is 2.62. The highest BCUT2D eigenvalue weighted by atomic mass is 35.5. The van der Waals surface area contributed by atoms with Crippen LogP contribution in [0.5, 0.6) is 11.5 Å². The molecule has 0 aliphatic carbocycles. The maximum Gasteiger partial charge on any atom is 0.342 e. The predicted octanol–water partition coefficient (Wildman–Crippen LogP) is 4.03. The van der Waals surface area contributed by atoms with Gasteiger partial charge in [-0.05, 0) is 37.3 Å². The number of ether oxygens (including phenoxy) is 2. The number of nitrogens with two attached hydrogens (primary N) is 1. The zero-order chi connectivity index (χ0) is 15.4. The van der Waals surface area contributed by atoms with E-state index in [0.29, 0.717) is 5.69 Å². The summed E-state index contributed by atoms with van der Waals surface area (Å²) in [6.07, 6.45) is 0. The van der Waals surface area contributed by atoms with Crippen LogP contribution >= 0.6 is 11.6 Å². The Bertz CT molecular complexity index is 676. The lowest BCUT2D eigenvalue weighted by molar-refractivity contribution is 0.0523. The van der Waals surface area contributed by atoms with Crippen molar-refractivity contribution in [3.63, 3.8) is 0 Å². The lowest BCUT2D eigenvalue weighted by Crippen LogP contribution is -2.07. The van der Waals surface area contributed by atoms with Gasteiger partial charge in [-0.1, -0.05) is 11.6 Å². The van der Waals surface area contributed by atoms with Crippen LogP contribution in [0.4, 0.5) is 10.1 Å². The van der Waals surface area contributed by atoms with Gasteiger partial charge in [-0.2, -0.15) is 0 Å². The molecule has 6 heteroatoms. The molecule has 0 heterocycles. The molecule has 0 fully saturated rings. The van der Waals surface area contributed by atoms with Gasteiger partial charge in [0, 0.05) is 11.8 Å². The Kier molecular flexibility index (Phi) is 4.65. The second kappa shape index (κ2) is 6.45. The fraction of sp³-hybridized carbons (Fsp3) is 0.133. The molecule has 0 radical (unpaired) electrons. The van der Waals surface area contributed by atoms with Gasteiger partial charge < -0.3 is 15.2 Å². The molecule has 0 bridgehead atoms. The van der Waals surface area contributed by atoms with Crippen molar-refractivity contribution in [2.24, 2.45) is 0 Å². The summed E-state index contributed by atoms with van der Waals surface area (Å²) < 4.78 is 23.8. The van der Waals surface area contributed by atoms with Crippen molar-refractivity contribution in [1.29, 1.82) is 0 Å². The fourth-order valence-corrected chi connectivity index (χ4v) is 1.79. The first kappa shape index (κ1) is 15.1. The number of nitrogen functional groups attached to an aromatic ring is 1. The van der Waals surface area contributed by atoms with E-state index in [1.165, 1.54) is 24.3 Å². The van der Waals surface area contributed by atoms with E-state index in [2.05, 4.69) is 0 Å². The Morgan fingerprint density at radius 1 is 1.29 bits per heavy atom. The zero-order valence-corrected chi connectivity index (χ0v) is 12.0. The lowest BCUT2D eigenvalue weighted by atomic mass is 10.2. The van der Waals surface area contributed by atoms with Crippen LogP contribution < -0.4 is 10.5 Å². The Morgan fingerprint density at radius 2 is 2.05 bits per heavy atom. The predicted molar refractivity (Wildman–Crippen MR) is 78.3 cm³/mol. The van der Waals surface area contributed by atoms with E-state index >= 15 is 0 Å². The Hall–Kier alpha value is -2.27. The largest absolute Gasteiger partial charge is 0.462 e. The third kappa shape index (κ3) is 3.64. The summed E-state index contributed by atoms with van der Waals surface area (Å²) >= 11 is 5.61. The molecule has 0 aliphatic rings. The zero-order valence-electron chi connectivity index (χ0n) is 11.2. The van der Waals surface area contributed by atoms with Crippen LogP contribution in [0.2, 0.25) is 5.02 Å². The highest BCUT2D eigenvalue weighted by Crippen LogP contribution is 2.29. The first-order valence-corrected chi connectivity index (χ1v) is 6.58. The summed E-state index contributed by atoms with van der Waals surface area (Å²) in [5.41, 5.74) is 6.23. The summed E-state index contributed by atoms with van der Waals surface area (Å²) in [7, 11) is 0. The van der Waals surface area contributed by atoms with E-state index in [9.17, 15) is 9.18 Å². The minimum Gasteiger partial charge on any atom is -0.462 e. The number of esters is 1. The number of halogens is 2. The minimum absolute atomic E-state index is 0.00901. The van der Waals surface area contributed by atoms with E-state index in [-0.39, 0.29) is 28.7 Å². The summed E-state index contributed by atoms with van der Waals surface area (Å²) in [5.74, 6) is -0.729.